The maximum atomic E-state index is 13.7. The Morgan fingerprint density at radius 2 is 1.81 bits per heavy atom. The van der Waals surface area contributed by atoms with Gasteiger partial charge in [0.15, 0.2) is 5.78 Å². The average molecular weight is 430 g/mol. The Bertz CT molecular complexity index is 1180. The average Bonchev–Trinajstić information content (AvgIpc) is 3.33. The van der Waals surface area contributed by atoms with Crippen molar-refractivity contribution in [2.24, 2.45) is 0 Å². The van der Waals surface area contributed by atoms with Gasteiger partial charge in [0.05, 0.1) is 19.4 Å². The number of ether oxygens (including phenoxy) is 1. The number of rotatable bonds is 8. The Balaban J connectivity index is 1.75. The number of aromatic nitrogens is 1. The maximum Gasteiger partial charge on any atom is 0.191 e. The summed E-state index contributed by atoms with van der Waals surface area (Å²) in [4.78, 5) is 16.9. The van der Waals surface area contributed by atoms with Crippen LogP contribution in [0.5, 0.6) is 5.75 Å². The molecule has 4 aromatic rings. The van der Waals surface area contributed by atoms with E-state index in [1.165, 1.54) is 19.2 Å². The van der Waals surface area contributed by atoms with Gasteiger partial charge in [-0.15, -0.1) is 0 Å². The van der Waals surface area contributed by atoms with Crippen molar-refractivity contribution in [1.29, 1.82) is 0 Å². The van der Waals surface area contributed by atoms with Gasteiger partial charge >= 0.3 is 0 Å². The smallest absolute Gasteiger partial charge is 0.191 e. The summed E-state index contributed by atoms with van der Waals surface area (Å²) in [6.07, 6.45) is 1.73. The number of hydrogen-bond acceptors (Lipinski definition) is 4. The normalized spacial score (nSPS) is 11.7. The van der Waals surface area contributed by atoms with Crippen LogP contribution in [0, 0.1) is 5.82 Å². The van der Waals surface area contributed by atoms with Crippen molar-refractivity contribution in [3.63, 3.8) is 0 Å². The molecule has 1 unspecified atom stereocenters. The van der Waals surface area contributed by atoms with Crippen molar-refractivity contribution >= 4 is 11.5 Å². The number of nitrogens with one attached hydrogen (secondary N) is 2. The van der Waals surface area contributed by atoms with Gasteiger partial charge in [-0.2, -0.15) is 0 Å². The first kappa shape index (κ1) is 21.3. The Labute approximate surface area is 185 Å². The highest BCUT2D eigenvalue weighted by Gasteiger charge is 2.26. The number of aromatic amines is 1. The third-order valence-electron chi connectivity index (χ3n) is 5.24. The Hall–Kier alpha value is -3.90. The van der Waals surface area contributed by atoms with Crippen molar-refractivity contribution < 1.29 is 19.0 Å². The monoisotopic (exact) mass is 430 g/mol. The van der Waals surface area contributed by atoms with E-state index in [4.69, 9.17) is 4.74 Å². The van der Waals surface area contributed by atoms with Gasteiger partial charge < -0.3 is 20.1 Å². The van der Waals surface area contributed by atoms with Crippen LogP contribution in [0.15, 0.2) is 85.1 Å². The van der Waals surface area contributed by atoms with Crippen molar-refractivity contribution in [3.8, 4) is 17.0 Å². The molecule has 162 valence electrons. The number of halogens is 1. The van der Waals surface area contributed by atoms with Gasteiger partial charge in [-0.3, -0.25) is 4.79 Å². The van der Waals surface area contributed by atoms with E-state index in [2.05, 4.69) is 10.3 Å². The van der Waals surface area contributed by atoms with Crippen LogP contribution in [0.2, 0.25) is 0 Å². The molecular weight excluding hydrogens is 407 g/mol. The number of methoxy groups -OCH3 is 1. The predicted molar refractivity (Wildman–Crippen MR) is 122 cm³/mol. The fraction of sp³-hybridized carbons (Fsp3) is 0.115. The quantitative estimate of drug-likeness (QED) is 0.329. The van der Waals surface area contributed by atoms with Gasteiger partial charge in [0.2, 0.25) is 0 Å². The molecule has 0 aliphatic carbocycles. The lowest BCUT2D eigenvalue weighted by molar-refractivity contribution is 0.0970. The number of hydrogen-bond donors (Lipinski definition) is 3. The number of carbonyl (C=O) groups excluding carboxylic acids is 1. The molecular formula is C26H23FN2O3. The Kier molecular flexibility index (Phi) is 6.33. The Morgan fingerprint density at radius 3 is 2.50 bits per heavy atom. The van der Waals surface area contributed by atoms with Gasteiger partial charge in [0.25, 0.3) is 0 Å². The molecule has 32 heavy (non-hydrogen) atoms. The number of carbonyl (C=O) groups is 1. The summed E-state index contributed by atoms with van der Waals surface area (Å²) >= 11 is 0. The number of aliphatic hydroxyl groups excluding tert-OH is 1. The second-order valence-corrected chi connectivity index (χ2v) is 7.35. The summed E-state index contributed by atoms with van der Waals surface area (Å²) in [5.41, 5.74) is 3.98. The van der Waals surface area contributed by atoms with Crippen molar-refractivity contribution in [2.75, 3.05) is 12.4 Å². The maximum absolute atomic E-state index is 13.7. The minimum atomic E-state index is -0.785. The summed E-state index contributed by atoms with van der Waals surface area (Å²) in [5.74, 6) is -0.00318. The first-order valence-corrected chi connectivity index (χ1v) is 10.2. The highest BCUT2D eigenvalue weighted by molar-refractivity contribution is 6.06. The molecule has 1 aromatic heterocycles. The second kappa shape index (κ2) is 9.49. The van der Waals surface area contributed by atoms with Gasteiger partial charge in [0, 0.05) is 23.5 Å². The lowest BCUT2D eigenvalue weighted by Crippen LogP contribution is -2.21. The number of H-pyrrole nitrogens is 1. The van der Waals surface area contributed by atoms with E-state index in [0.717, 1.165) is 5.56 Å². The molecule has 0 saturated heterocycles. The molecule has 0 fully saturated rings. The topological polar surface area (TPSA) is 74.3 Å². The molecule has 0 radical (unpaired) electrons. The molecule has 3 N–H and O–H groups in total. The molecule has 0 spiro atoms. The summed E-state index contributed by atoms with van der Waals surface area (Å²) in [6, 6.07) is 21.6. The fourth-order valence-corrected chi connectivity index (χ4v) is 3.65. The van der Waals surface area contributed by atoms with E-state index in [0.29, 0.717) is 33.8 Å². The van der Waals surface area contributed by atoms with Gasteiger partial charge in [0.1, 0.15) is 17.6 Å². The fourth-order valence-electron chi connectivity index (χ4n) is 3.65. The van der Waals surface area contributed by atoms with Crippen molar-refractivity contribution in [2.45, 2.75) is 12.6 Å². The van der Waals surface area contributed by atoms with E-state index >= 15 is 0 Å². The van der Waals surface area contributed by atoms with E-state index < -0.39 is 6.04 Å². The standard InChI is InChI=1S/C26H23FN2O3/c1-32-22-14-17(16-30)13-21(15-22)29-25(19-7-9-20(27)10-8-19)26(31)23-11-12-28-24(23)18-5-3-2-4-6-18/h2-15,25,28-30H,16H2,1H3. The van der Waals surface area contributed by atoms with Crippen LogP contribution in [-0.2, 0) is 6.61 Å². The minimum Gasteiger partial charge on any atom is -0.497 e. The molecule has 3 aromatic carbocycles. The molecule has 0 bridgehead atoms. The highest BCUT2D eigenvalue weighted by Crippen LogP contribution is 2.31. The van der Waals surface area contributed by atoms with E-state index in [1.54, 1.807) is 42.6 Å². The van der Waals surface area contributed by atoms with Crippen LogP contribution in [0.1, 0.15) is 27.5 Å². The SMILES string of the molecule is COc1cc(CO)cc(NC(C(=O)c2cc[nH]c2-c2ccccc2)c2ccc(F)cc2)c1. The molecule has 6 heteroatoms. The molecule has 0 saturated carbocycles. The van der Waals surface area contributed by atoms with Crippen LogP contribution in [0.3, 0.4) is 0 Å². The first-order chi connectivity index (χ1) is 15.6. The zero-order chi connectivity index (χ0) is 22.5. The van der Waals surface area contributed by atoms with Crippen molar-refractivity contribution in [3.05, 3.63) is 108 Å². The van der Waals surface area contributed by atoms with Gasteiger partial charge in [-0.05, 0) is 47.0 Å². The number of anilines is 1. The number of aliphatic hydroxyl groups is 1. The molecule has 1 heterocycles. The van der Waals surface area contributed by atoms with Crippen molar-refractivity contribution in [1.82, 2.24) is 4.98 Å². The van der Waals surface area contributed by atoms with Crippen LogP contribution < -0.4 is 10.1 Å². The van der Waals surface area contributed by atoms with E-state index in [9.17, 15) is 14.3 Å². The van der Waals surface area contributed by atoms with E-state index in [1.807, 2.05) is 30.3 Å². The van der Waals surface area contributed by atoms with Gasteiger partial charge in [-0.1, -0.05) is 42.5 Å². The number of benzene rings is 3. The summed E-state index contributed by atoms with van der Waals surface area (Å²) < 4.78 is 18.9. The molecule has 5 nitrogen and oxygen atoms in total. The molecule has 1 atom stereocenters. The minimum absolute atomic E-state index is 0.170. The zero-order valence-corrected chi connectivity index (χ0v) is 17.5. The molecule has 4 rings (SSSR count). The predicted octanol–water partition coefficient (Wildman–Crippen LogP) is 5.36. The van der Waals surface area contributed by atoms with E-state index in [-0.39, 0.29) is 18.2 Å². The van der Waals surface area contributed by atoms with Crippen LogP contribution in [0.25, 0.3) is 11.3 Å². The lowest BCUT2D eigenvalue weighted by atomic mass is 9.95. The second-order valence-electron chi connectivity index (χ2n) is 7.35. The summed E-state index contributed by atoms with van der Waals surface area (Å²) in [7, 11) is 1.54. The molecule has 0 aliphatic heterocycles. The summed E-state index contributed by atoms with van der Waals surface area (Å²) in [6.45, 7) is -0.170. The largest absolute Gasteiger partial charge is 0.497 e. The lowest BCUT2D eigenvalue weighted by Gasteiger charge is -2.21. The molecule has 0 amide bonds. The van der Waals surface area contributed by atoms with Gasteiger partial charge in [-0.25, -0.2) is 4.39 Å². The van der Waals surface area contributed by atoms with Crippen LogP contribution in [0.4, 0.5) is 10.1 Å². The van der Waals surface area contributed by atoms with Crippen LogP contribution in [-0.4, -0.2) is 23.0 Å². The zero-order valence-electron chi connectivity index (χ0n) is 17.5. The molecule has 0 aliphatic rings. The third-order valence-corrected chi connectivity index (χ3v) is 5.24. The summed E-state index contributed by atoms with van der Waals surface area (Å²) in [5, 5.41) is 12.8. The number of Topliss-reactive ketones (excluding diaryl/α,β-unsaturated/α-hetero) is 1. The third kappa shape index (κ3) is 4.55. The first-order valence-electron chi connectivity index (χ1n) is 10.2. The number of ketones is 1. The van der Waals surface area contributed by atoms with Crippen LogP contribution >= 0.6 is 0 Å². The Morgan fingerprint density at radius 1 is 1.06 bits per heavy atom. The highest BCUT2D eigenvalue weighted by atomic mass is 19.1.